The first-order valence-electron chi connectivity index (χ1n) is 11.6. The zero-order valence-electron chi connectivity index (χ0n) is 20.6. The van der Waals surface area contributed by atoms with Crippen molar-refractivity contribution in [2.45, 2.75) is 26.1 Å². The van der Waals surface area contributed by atoms with E-state index >= 15 is 0 Å². The Kier molecular flexibility index (Phi) is 7.26. The number of amides is 1. The minimum Gasteiger partial charge on any atom is -0.495 e. The van der Waals surface area contributed by atoms with E-state index in [0.717, 1.165) is 10.9 Å². The van der Waals surface area contributed by atoms with E-state index < -0.39 is 24.1 Å². The van der Waals surface area contributed by atoms with Crippen LogP contribution in [0.4, 0.5) is 14.9 Å². The SMILES string of the molecule is COc1cnc2c(-c3nc4cc(F)c(O[C@@H](C)[C@@H](C)OC(=O)Nc5cccnc5)cc4s3)cc(Cl)cc2c1. The lowest BCUT2D eigenvalue weighted by molar-refractivity contribution is 0.0402. The van der Waals surface area contributed by atoms with Crippen LogP contribution in [0.25, 0.3) is 31.7 Å². The van der Waals surface area contributed by atoms with Crippen LogP contribution in [0.1, 0.15) is 13.8 Å². The van der Waals surface area contributed by atoms with Crippen molar-refractivity contribution in [2.24, 2.45) is 0 Å². The predicted molar refractivity (Wildman–Crippen MR) is 146 cm³/mol. The molecule has 0 aliphatic carbocycles. The van der Waals surface area contributed by atoms with E-state index in [2.05, 4.69) is 20.3 Å². The number of nitrogens with one attached hydrogen (secondary N) is 1. The maximum atomic E-state index is 15.0. The number of anilines is 1. The maximum Gasteiger partial charge on any atom is 0.412 e. The summed E-state index contributed by atoms with van der Waals surface area (Å²) < 4.78 is 32.2. The van der Waals surface area contributed by atoms with Gasteiger partial charge in [0.25, 0.3) is 0 Å². The van der Waals surface area contributed by atoms with Gasteiger partial charge >= 0.3 is 6.09 Å². The molecule has 5 rings (SSSR count). The molecule has 194 valence electrons. The minimum absolute atomic E-state index is 0.0298. The summed E-state index contributed by atoms with van der Waals surface area (Å²) in [6, 6.07) is 11.7. The fourth-order valence-corrected chi connectivity index (χ4v) is 4.97. The fourth-order valence-electron chi connectivity index (χ4n) is 3.75. The monoisotopic (exact) mass is 552 g/mol. The average molecular weight is 553 g/mol. The molecule has 3 heterocycles. The van der Waals surface area contributed by atoms with E-state index in [1.165, 1.54) is 23.6 Å². The van der Waals surface area contributed by atoms with Gasteiger partial charge in [-0.15, -0.1) is 11.3 Å². The third-order valence-electron chi connectivity index (χ3n) is 5.81. The largest absolute Gasteiger partial charge is 0.495 e. The molecular weight excluding hydrogens is 531 g/mol. The molecular formula is C27H22ClFN4O4S. The van der Waals surface area contributed by atoms with Crippen molar-refractivity contribution in [1.29, 1.82) is 0 Å². The number of carbonyl (C=O) groups excluding carboxylic acids is 1. The van der Waals surface area contributed by atoms with Crippen molar-refractivity contribution in [3.8, 4) is 22.1 Å². The second-order valence-electron chi connectivity index (χ2n) is 8.47. The number of hydrogen-bond donors (Lipinski definition) is 1. The summed E-state index contributed by atoms with van der Waals surface area (Å²) in [5.74, 6) is 0.0647. The van der Waals surface area contributed by atoms with Crippen LogP contribution in [0.3, 0.4) is 0 Å². The number of rotatable bonds is 7. The third-order valence-corrected chi connectivity index (χ3v) is 7.08. The summed E-state index contributed by atoms with van der Waals surface area (Å²) in [4.78, 5) is 25.3. The van der Waals surface area contributed by atoms with E-state index in [1.54, 1.807) is 63.7 Å². The smallest absolute Gasteiger partial charge is 0.412 e. The topological polar surface area (TPSA) is 95.5 Å². The summed E-state index contributed by atoms with van der Waals surface area (Å²) in [7, 11) is 1.57. The van der Waals surface area contributed by atoms with Gasteiger partial charge in [0.15, 0.2) is 11.6 Å². The van der Waals surface area contributed by atoms with Gasteiger partial charge in [-0.1, -0.05) is 11.6 Å². The number of benzene rings is 2. The zero-order valence-corrected chi connectivity index (χ0v) is 22.1. The molecule has 8 nitrogen and oxygen atoms in total. The fraction of sp³-hybridized carbons (Fsp3) is 0.185. The van der Waals surface area contributed by atoms with Gasteiger partial charge in [-0.3, -0.25) is 15.3 Å². The minimum atomic E-state index is -0.667. The Bertz CT molecular complexity index is 1630. The van der Waals surface area contributed by atoms with Gasteiger partial charge in [-0.2, -0.15) is 0 Å². The van der Waals surface area contributed by atoms with Crippen LogP contribution in [-0.4, -0.2) is 40.4 Å². The van der Waals surface area contributed by atoms with Crippen molar-refractivity contribution < 1.29 is 23.4 Å². The molecule has 11 heteroatoms. The number of methoxy groups -OCH3 is 1. The first kappa shape index (κ1) is 25.6. The molecule has 0 saturated carbocycles. The van der Waals surface area contributed by atoms with E-state index in [0.29, 0.717) is 37.2 Å². The quantitative estimate of drug-likeness (QED) is 0.230. The van der Waals surface area contributed by atoms with Gasteiger partial charge in [0.1, 0.15) is 23.0 Å². The van der Waals surface area contributed by atoms with Gasteiger partial charge in [0.05, 0.1) is 40.9 Å². The van der Waals surface area contributed by atoms with Gasteiger partial charge in [0, 0.05) is 34.3 Å². The molecule has 0 fully saturated rings. The summed E-state index contributed by atoms with van der Waals surface area (Å²) in [6.07, 6.45) is 2.76. The summed E-state index contributed by atoms with van der Waals surface area (Å²) >= 11 is 7.74. The highest BCUT2D eigenvalue weighted by atomic mass is 35.5. The lowest BCUT2D eigenvalue weighted by Gasteiger charge is -2.22. The molecule has 0 bridgehead atoms. The Balaban J connectivity index is 1.36. The number of nitrogens with zero attached hydrogens (tertiary/aromatic N) is 3. The molecule has 0 spiro atoms. The lowest BCUT2D eigenvalue weighted by atomic mass is 10.1. The van der Waals surface area contributed by atoms with Crippen LogP contribution in [0.2, 0.25) is 5.02 Å². The molecule has 0 saturated heterocycles. The molecule has 2 atom stereocenters. The lowest BCUT2D eigenvalue weighted by Crippen LogP contribution is -2.32. The molecule has 1 amide bonds. The van der Waals surface area contributed by atoms with E-state index in [1.807, 2.05) is 6.07 Å². The summed E-state index contributed by atoms with van der Waals surface area (Å²) in [5.41, 5.74) is 2.41. The second kappa shape index (κ2) is 10.8. The van der Waals surface area contributed by atoms with Gasteiger partial charge in [0.2, 0.25) is 0 Å². The number of ether oxygens (including phenoxy) is 3. The summed E-state index contributed by atoms with van der Waals surface area (Å²) in [5, 5.41) is 4.55. The first-order valence-corrected chi connectivity index (χ1v) is 12.8. The number of hydrogen-bond acceptors (Lipinski definition) is 8. The molecule has 0 unspecified atom stereocenters. The Labute approximate surface area is 226 Å². The normalized spacial score (nSPS) is 12.8. The summed E-state index contributed by atoms with van der Waals surface area (Å²) in [6.45, 7) is 3.36. The van der Waals surface area contributed by atoms with Crippen LogP contribution in [-0.2, 0) is 4.74 Å². The number of halogens is 2. The molecule has 0 radical (unpaired) electrons. The molecule has 1 N–H and O–H groups in total. The van der Waals surface area contributed by atoms with Crippen LogP contribution < -0.4 is 14.8 Å². The number of pyridine rings is 2. The molecule has 0 aliphatic heterocycles. The van der Waals surface area contributed by atoms with Crippen LogP contribution >= 0.6 is 22.9 Å². The molecule has 38 heavy (non-hydrogen) atoms. The highest BCUT2D eigenvalue weighted by Gasteiger charge is 2.22. The van der Waals surface area contributed by atoms with E-state index in [9.17, 15) is 9.18 Å². The average Bonchev–Trinajstić information content (AvgIpc) is 3.30. The third kappa shape index (κ3) is 5.46. The Morgan fingerprint density at radius 2 is 1.97 bits per heavy atom. The van der Waals surface area contributed by atoms with E-state index in [-0.39, 0.29) is 5.75 Å². The molecule has 5 aromatic rings. The zero-order chi connectivity index (χ0) is 26.8. The van der Waals surface area contributed by atoms with Crippen molar-refractivity contribution in [3.05, 3.63) is 71.9 Å². The van der Waals surface area contributed by atoms with Gasteiger partial charge in [-0.05, 0) is 44.2 Å². The van der Waals surface area contributed by atoms with Crippen molar-refractivity contribution in [2.75, 3.05) is 12.4 Å². The number of fused-ring (bicyclic) bond motifs is 2. The molecule has 0 aliphatic rings. The standard InChI is InChI=1S/C27H22ClFN4O4S/c1-14(15(2)37-27(34)32-18-5-4-6-30-12-18)36-23-11-24-22(10-21(23)29)33-26(38-24)20-9-17(28)7-16-8-19(35-3)13-31-25(16)20/h4-15H,1-3H3,(H,32,34)/t14-,15+/m0/s1. The number of thiazole rings is 1. The first-order chi connectivity index (χ1) is 18.3. The molecule has 3 aromatic heterocycles. The van der Waals surface area contributed by atoms with Crippen LogP contribution in [0, 0.1) is 5.82 Å². The van der Waals surface area contributed by atoms with Crippen molar-refractivity contribution in [1.82, 2.24) is 15.0 Å². The Morgan fingerprint density at radius 1 is 1.13 bits per heavy atom. The van der Waals surface area contributed by atoms with Crippen molar-refractivity contribution >= 4 is 55.8 Å². The Hall–Kier alpha value is -4.02. The van der Waals surface area contributed by atoms with Crippen molar-refractivity contribution in [3.63, 3.8) is 0 Å². The van der Waals surface area contributed by atoms with Gasteiger partial charge < -0.3 is 14.2 Å². The van der Waals surface area contributed by atoms with Gasteiger partial charge in [-0.25, -0.2) is 14.2 Å². The predicted octanol–water partition coefficient (Wildman–Crippen LogP) is 7.11. The molecule has 2 aromatic carbocycles. The highest BCUT2D eigenvalue weighted by Crippen LogP contribution is 2.38. The Morgan fingerprint density at radius 3 is 2.74 bits per heavy atom. The van der Waals surface area contributed by atoms with E-state index in [4.69, 9.17) is 25.8 Å². The number of aromatic nitrogens is 3. The van der Waals surface area contributed by atoms with Crippen LogP contribution in [0.5, 0.6) is 11.5 Å². The van der Waals surface area contributed by atoms with Crippen LogP contribution in [0.15, 0.2) is 61.1 Å². The number of carbonyl (C=O) groups is 1. The second-order valence-corrected chi connectivity index (χ2v) is 9.94. The maximum absolute atomic E-state index is 15.0. The highest BCUT2D eigenvalue weighted by molar-refractivity contribution is 7.21.